The van der Waals surface area contributed by atoms with Crippen LogP contribution in [-0.4, -0.2) is 16.6 Å². The van der Waals surface area contributed by atoms with E-state index in [0.29, 0.717) is 15.6 Å². The molecule has 0 fully saturated rings. The highest BCUT2D eigenvalue weighted by Crippen LogP contribution is 2.30. The minimum absolute atomic E-state index is 0.0434. The summed E-state index contributed by atoms with van der Waals surface area (Å²) in [6, 6.07) is 2.80. The topological polar surface area (TPSA) is 105 Å². The molecule has 0 amide bonds. The third kappa shape index (κ3) is 1.40. The number of hydrogen-bond donors (Lipinski definition) is 2. The van der Waals surface area contributed by atoms with Crippen molar-refractivity contribution in [3.8, 4) is 0 Å². The molecule has 0 unspecified atom stereocenters. The Morgan fingerprint density at radius 2 is 2.13 bits per heavy atom. The molecule has 1 aromatic carbocycles. The van der Waals surface area contributed by atoms with Gasteiger partial charge in [-0.2, -0.15) is 0 Å². The Morgan fingerprint density at radius 1 is 1.47 bits per heavy atom. The molecule has 2 rings (SSSR count). The molecule has 1 aromatic rings. The maximum atomic E-state index is 10.6. The number of rotatable bonds is 1. The third-order valence-corrected chi connectivity index (χ3v) is 2.68. The van der Waals surface area contributed by atoms with Crippen LogP contribution in [-0.2, 0) is 0 Å². The number of nitrogens with one attached hydrogen (secondary N) is 1. The quantitative estimate of drug-likeness (QED) is 0.594. The summed E-state index contributed by atoms with van der Waals surface area (Å²) >= 11 is 3.08. The molecule has 0 radical (unpaired) electrons. The number of nitro groups is 1. The summed E-state index contributed by atoms with van der Waals surface area (Å²) in [7, 11) is 0. The summed E-state index contributed by atoms with van der Waals surface area (Å²) in [5.74, 6) is 0.170. The molecule has 0 saturated carbocycles. The first kappa shape index (κ1) is 9.78. The fourth-order valence-electron chi connectivity index (χ4n) is 1.35. The van der Waals surface area contributed by atoms with Gasteiger partial charge >= 0.3 is 0 Å². The van der Waals surface area contributed by atoms with Gasteiger partial charge in [0.05, 0.1) is 9.40 Å². The van der Waals surface area contributed by atoms with Crippen molar-refractivity contribution in [1.82, 2.24) is 0 Å². The SMILES string of the molecule is N=C1N=C(N)c2cc(Br)c([N+](=O)[O-])cc21. The lowest BCUT2D eigenvalue weighted by atomic mass is 10.1. The molecule has 0 aromatic heterocycles. The molecule has 1 heterocycles. The van der Waals surface area contributed by atoms with Crippen LogP contribution >= 0.6 is 15.9 Å². The molecule has 0 aliphatic carbocycles. The average Bonchev–Trinajstić information content (AvgIpc) is 2.41. The minimum atomic E-state index is -0.522. The molecule has 3 N–H and O–H groups in total. The maximum Gasteiger partial charge on any atom is 0.284 e. The van der Waals surface area contributed by atoms with E-state index in [4.69, 9.17) is 11.1 Å². The van der Waals surface area contributed by atoms with Crippen LogP contribution in [0.2, 0.25) is 0 Å². The summed E-state index contributed by atoms with van der Waals surface area (Å²) in [4.78, 5) is 13.9. The normalized spacial score (nSPS) is 13.7. The van der Waals surface area contributed by atoms with Gasteiger partial charge in [-0.05, 0) is 22.0 Å². The number of nitro benzene ring substituents is 1. The molecule has 0 bridgehead atoms. The first-order chi connectivity index (χ1) is 7.00. The summed E-state index contributed by atoms with van der Waals surface area (Å²) in [6.07, 6.45) is 0. The monoisotopic (exact) mass is 268 g/mol. The molecular formula is C8H5BrN4O2. The Balaban J connectivity index is 2.69. The fourth-order valence-corrected chi connectivity index (χ4v) is 1.84. The Morgan fingerprint density at radius 3 is 2.73 bits per heavy atom. The molecule has 0 atom stereocenters. The van der Waals surface area contributed by atoms with Gasteiger partial charge in [0.1, 0.15) is 5.84 Å². The van der Waals surface area contributed by atoms with Crippen LogP contribution in [0.5, 0.6) is 0 Å². The Hall–Kier alpha value is -1.76. The minimum Gasteiger partial charge on any atom is -0.383 e. The summed E-state index contributed by atoms with van der Waals surface area (Å²) < 4.78 is 0.333. The van der Waals surface area contributed by atoms with Crippen molar-refractivity contribution in [2.24, 2.45) is 10.7 Å². The molecule has 0 spiro atoms. The molecular weight excluding hydrogens is 264 g/mol. The summed E-state index contributed by atoms with van der Waals surface area (Å²) in [5.41, 5.74) is 6.40. The van der Waals surface area contributed by atoms with Gasteiger partial charge in [-0.3, -0.25) is 15.5 Å². The van der Waals surface area contributed by atoms with Gasteiger partial charge in [0.15, 0.2) is 5.84 Å². The lowest BCUT2D eigenvalue weighted by Crippen LogP contribution is -2.10. The largest absolute Gasteiger partial charge is 0.383 e. The van der Waals surface area contributed by atoms with Crippen LogP contribution in [0.25, 0.3) is 0 Å². The number of hydrogen-bond acceptors (Lipinski definition) is 4. The standard InChI is InChI=1S/C8H5BrN4O2/c9-5-1-3-4(2-6(5)13(14)15)8(11)12-7(3)10/h1-2H,(H3,10,11,12). The second kappa shape index (κ2) is 3.13. The molecule has 76 valence electrons. The van der Waals surface area contributed by atoms with Gasteiger partial charge in [0.2, 0.25) is 0 Å². The number of fused-ring (bicyclic) bond motifs is 1. The van der Waals surface area contributed by atoms with Crippen molar-refractivity contribution in [2.45, 2.75) is 0 Å². The second-order valence-electron chi connectivity index (χ2n) is 2.95. The van der Waals surface area contributed by atoms with Gasteiger partial charge in [0, 0.05) is 17.2 Å². The van der Waals surface area contributed by atoms with E-state index < -0.39 is 4.92 Å². The zero-order chi connectivity index (χ0) is 11.2. The fraction of sp³-hybridized carbons (Fsp3) is 0. The van der Waals surface area contributed by atoms with Crippen LogP contribution < -0.4 is 5.73 Å². The van der Waals surface area contributed by atoms with E-state index in [0.717, 1.165) is 0 Å². The number of benzene rings is 1. The Bertz CT molecular complexity index is 524. The highest BCUT2D eigenvalue weighted by Gasteiger charge is 2.24. The van der Waals surface area contributed by atoms with Crippen molar-refractivity contribution in [2.75, 3.05) is 0 Å². The first-order valence-electron chi connectivity index (χ1n) is 3.92. The van der Waals surface area contributed by atoms with Crippen molar-refractivity contribution in [1.29, 1.82) is 5.41 Å². The average molecular weight is 269 g/mol. The maximum absolute atomic E-state index is 10.6. The zero-order valence-electron chi connectivity index (χ0n) is 7.32. The van der Waals surface area contributed by atoms with Crippen LogP contribution in [0.4, 0.5) is 5.69 Å². The van der Waals surface area contributed by atoms with E-state index in [1.165, 1.54) is 12.1 Å². The molecule has 15 heavy (non-hydrogen) atoms. The number of aliphatic imine (C=N–C) groups is 1. The second-order valence-corrected chi connectivity index (χ2v) is 3.81. The Kier molecular flexibility index (Phi) is 2.04. The van der Waals surface area contributed by atoms with E-state index >= 15 is 0 Å². The molecule has 1 aliphatic heterocycles. The van der Waals surface area contributed by atoms with Crippen molar-refractivity contribution in [3.05, 3.63) is 37.8 Å². The number of nitrogens with zero attached hydrogens (tertiary/aromatic N) is 2. The van der Waals surface area contributed by atoms with Gasteiger partial charge in [0.25, 0.3) is 5.69 Å². The Labute approximate surface area is 92.6 Å². The lowest BCUT2D eigenvalue weighted by Gasteiger charge is -2.00. The predicted octanol–water partition coefficient (Wildman–Crippen LogP) is 1.40. The van der Waals surface area contributed by atoms with Crippen molar-refractivity contribution in [3.63, 3.8) is 0 Å². The number of halogens is 1. The van der Waals surface area contributed by atoms with Crippen LogP contribution in [0.3, 0.4) is 0 Å². The van der Waals surface area contributed by atoms with E-state index in [-0.39, 0.29) is 17.4 Å². The predicted molar refractivity (Wildman–Crippen MR) is 58.3 cm³/mol. The third-order valence-electron chi connectivity index (χ3n) is 2.05. The van der Waals surface area contributed by atoms with E-state index in [9.17, 15) is 10.1 Å². The van der Waals surface area contributed by atoms with Gasteiger partial charge in [-0.1, -0.05) is 0 Å². The molecule has 0 saturated heterocycles. The van der Waals surface area contributed by atoms with Gasteiger partial charge in [-0.15, -0.1) is 0 Å². The first-order valence-corrected chi connectivity index (χ1v) is 4.71. The van der Waals surface area contributed by atoms with Crippen molar-refractivity contribution < 1.29 is 4.92 Å². The highest BCUT2D eigenvalue weighted by atomic mass is 79.9. The smallest absolute Gasteiger partial charge is 0.284 e. The van der Waals surface area contributed by atoms with E-state index in [1.807, 2.05) is 0 Å². The van der Waals surface area contributed by atoms with Crippen LogP contribution in [0.15, 0.2) is 21.6 Å². The molecule has 7 heteroatoms. The number of amidine groups is 2. The molecule has 6 nitrogen and oxygen atoms in total. The highest BCUT2D eigenvalue weighted by molar-refractivity contribution is 9.10. The number of nitrogens with two attached hydrogens (primary N) is 1. The van der Waals surface area contributed by atoms with Gasteiger partial charge in [-0.25, -0.2) is 4.99 Å². The van der Waals surface area contributed by atoms with E-state index in [1.54, 1.807) is 0 Å². The van der Waals surface area contributed by atoms with Crippen LogP contribution in [0.1, 0.15) is 11.1 Å². The van der Waals surface area contributed by atoms with E-state index in [2.05, 4.69) is 20.9 Å². The summed E-state index contributed by atoms with van der Waals surface area (Å²) in [5, 5.41) is 18.1. The van der Waals surface area contributed by atoms with Crippen molar-refractivity contribution >= 4 is 33.3 Å². The molecule has 1 aliphatic rings. The summed E-state index contributed by atoms with van der Waals surface area (Å²) in [6.45, 7) is 0. The van der Waals surface area contributed by atoms with Gasteiger partial charge < -0.3 is 5.73 Å². The van der Waals surface area contributed by atoms with Crippen LogP contribution in [0, 0.1) is 15.5 Å². The lowest BCUT2D eigenvalue weighted by molar-refractivity contribution is -0.385. The zero-order valence-corrected chi connectivity index (χ0v) is 8.91.